The minimum Gasteiger partial charge on any atom is -0.367 e. The lowest BCUT2D eigenvalue weighted by atomic mass is 10.2. The fourth-order valence-electron chi connectivity index (χ4n) is 3.29. The lowest BCUT2D eigenvalue weighted by Gasteiger charge is -2.32. The Morgan fingerprint density at radius 2 is 2.04 bits per heavy atom. The number of carbonyl (C=O) groups excluding carboxylic acids is 1. The zero-order valence-electron chi connectivity index (χ0n) is 14.6. The molecule has 4 heterocycles. The van der Waals surface area contributed by atoms with Crippen LogP contribution >= 0.6 is 0 Å². The monoisotopic (exact) mass is 339 g/mol. The van der Waals surface area contributed by atoms with E-state index in [1.807, 2.05) is 54.4 Å². The van der Waals surface area contributed by atoms with Gasteiger partial charge in [-0.3, -0.25) is 4.79 Å². The molecule has 0 spiro atoms. The lowest BCUT2D eigenvalue weighted by Crippen LogP contribution is -2.43. The second kappa shape index (κ2) is 6.00. The van der Waals surface area contributed by atoms with Crippen molar-refractivity contribution in [2.75, 3.05) is 19.7 Å². The highest BCUT2D eigenvalue weighted by Crippen LogP contribution is 2.22. The first-order chi connectivity index (χ1) is 12.0. The van der Waals surface area contributed by atoms with E-state index in [2.05, 4.69) is 9.97 Å². The predicted octanol–water partition coefficient (Wildman–Crippen LogP) is 1.90. The Labute approximate surface area is 145 Å². The molecule has 7 nitrogen and oxygen atoms in total. The van der Waals surface area contributed by atoms with Gasteiger partial charge in [-0.1, -0.05) is 6.07 Å². The van der Waals surface area contributed by atoms with Gasteiger partial charge in [-0.05, 0) is 25.5 Å². The summed E-state index contributed by atoms with van der Waals surface area (Å²) in [5.74, 6) is 0.779. The Kier molecular flexibility index (Phi) is 3.80. The lowest BCUT2D eigenvalue weighted by molar-refractivity contribution is -0.0281. The largest absolute Gasteiger partial charge is 0.367 e. The van der Waals surface area contributed by atoms with Crippen LogP contribution in [0.25, 0.3) is 5.65 Å². The topological polar surface area (TPSA) is 64.7 Å². The third-order valence-corrected chi connectivity index (χ3v) is 4.49. The number of pyridine rings is 1. The Bertz CT molecular complexity index is 942. The van der Waals surface area contributed by atoms with Crippen LogP contribution in [0.2, 0.25) is 0 Å². The second-order valence-corrected chi connectivity index (χ2v) is 6.56. The summed E-state index contributed by atoms with van der Waals surface area (Å²) in [7, 11) is 1.95. The molecular formula is C18H21N5O2. The number of fused-ring (bicyclic) bond motifs is 1. The number of amides is 1. The molecule has 130 valence electrons. The van der Waals surface area contributed by atoms with E-state index < -0.39 is 0 Å². The highest BCUT2D eigenvalue weighted by Gasteiger charge is 2.29. The molecule has 1 saturated heterocycles. The number of rotatable bonds is 2. The highest BCUT2D eigenvalue weighted by atomic mass is 16.5. The van der Waals surface area contributed by atoms with Crippen molar-refractivity contribution >= 4 is 11.6 Å². The molecular weight excluding hydrogens is 318 g/mol. The van der Waals surface area contributed by atoms with Crippen LogP contribution in [-0.2, 0) is 11.8 Å². The molecule has 4 rings (SSSR count). The van der Waals surface area contributed by atoms with Crippen molar-refractivity contribution in [3.63, 3.8) is 0 Å². The third kappa shape index (κ3) is 2.91. The molecule has 0 radical (unpaired) electrons. The van der Waals surface area contributed by atoms with E-state index >= 15 is 0 Å². The number of imidazole rings is 2. The molecule has 0 saturated carbocycles. The van der Waals surface area contributed by atoms with Gasteiger partial charge in [0.15, 0.2) is 0 Å². The average molecular weight is 339 g/mol. The van der Waals surface area contributed by atoms with Gasteiger partial charge in [0.25, 0.3) is 5.91 Å². The average Bonchev–Trinajstić information content (AvgIpc) is 3.16. The third-order valence-electron chi connectivity index (χ3n) is 4.49. The zero-order valence-corrected chi connectivity index (χ0v) is 14.6. The summed E-state index contributed by atoms with van der Waals surface area (Å²) in [6.07, 6.45) is 5.51. The number of ether oxygens (including phenoxy) is 1. The number of hydrogen-bond acceptors (Lipinski definition) is 4. The molecule has 1 amide bonds. The number of aromatic nitrogens is 4. The van der Waals surface area contributed by atoms with Gasteiger partial charge in [-0.2, -0.15) is 0 Å². The summed E-state index contributed by atoms with van der Waals surface area (Å²) in [4.78, 5) is 23.7. The van der Waals surface area contributed by atoms with E-state index in [-0.39, 0.29) is 12.0 Å². The van der Waals surface area contributed by atoms with E-state index in [1.54, 1.807) is 11.1 Å². The highest BCUT2D eigenvalue weighted by molar-refractivity contribution is 5.93. The summed E-state index contributed by atoms with van der Waals surface area (Å²) >= 11 is 0. The van der Waals surface area contributed by atoms with Crippen molar-refractivity contribution in [1.82, 2.24) is 23.8 Å². The molecule has 3 aromatic heterocycles. The summed E-state index contributed by atoms with van der Waals surface area (Å²) in [5, 5.41) is 0. The fourth-order valence-corrected chi connectivity index (χ4v) is 3.29. The van der Waals surface area contributed by atoms with Crippen LogP contribution < -0.4 is 0 Å². The normalized spacial score (nSPS) is 18.0. The van der Waals surface area contributed by atoms with E-state index in [1.165, 1.54) is 0 Å². The molecule has 25 heavy (non-hydrogen) atoms. The number of morpholine rings is 1. The first-order valence-electron chi connectivity index (χ1n) is 8.37. The molecule has 0 bridgehead atoms. The van der Waals surface area contributed by atoms with Crippen molar-refractivity contribution in [3.8, 4) is 0 Å². The molecule has 7 heteroatoms. The molecule has 1 fully saturated rings. The van der Waals surface area contributed by atoms with E-state index in [4.69, 9.17) is 4.74 Å². The smallest absolute Gasteiger partial charge is 0.274 e. The van der Waals surface area contributed by atoms with Gasteiger partial charge in [0.1, 0.15) is 23.3 Å². The standard InChI is InChI=1S/C18H21N5O2/c1-12-4-5-16-20-14(10-23(16)8-12)18(24)22-6-7-25-15(11-22)17-19-13(2)9-21(17)3/h4-5,8-10,15H,6-7,11H2,1-3H3/t15-/m0/s1. The second-order valence-electron chi connectivity index (χ2n) is 6.56. The Balaban J connectivity index is 1.57. The quantitative estimate of drug-likeness (QED) is 0.715. The number of aryl methyl sites for hydroxylation is 3. The maximum Gasteiger partial charge on any atom is 0.274 e. The van der Waals surface area contributed by atoms with Crippen molar-refractivity contribution in [2.24, 2.45) is 7.05 Å². The van der Waals surface area contributed by atoms with Gasteiger partial charge in [0, 0.05) is 32.2 Å². The van der Waals surface area contributed by atoms with Crippen molar-refractivity contribution in [2.45, 2.75) is 20.0 Å². The van der Waals surface area contributed by atoms with Crippen molar-refractivity contribution in [3.05, 3.63) is 53.5 Å². The van der Waals surface area contributed by atoms with Gasteiger partial charge >= 0.3 is 0 Å². The zero-order chi connectivity index (χ0) is 17.6. The molecule has 0 aliphatic carbocycles. The van der Waals surface area contributed by atoms with Crippen molar-refractivity contribution in [1.29, 1.82) is 0 Å². The maximum absolute atomic E-state index is 12.9. The predicted molar refractivity (Wildman–Crippen MR) is 92.5 cm³/mol. The summed E-state index contributed by atoms with van der Waals surface area (Å²) < 4.78 is 9.70. The minimum atomic E-state index is -0.212. The van der Waals surface area contributed by atoms with Gasteiger partial charge in [0.2, 0.25) is 0 Å². The Morgan fingerprint density at radius 3 is 2.80 bits per heavy atom. The molecule has 0 N–H and O–H groups in total. The minimum absolute atomic E-state index is 0.0689. The van der Waals surface area contributed by atoms with Gasteiger partial charge in [-0.15, -0.1) is 0 Å². The van der Waals surface area contributed by atoms with E-state index in [0.29, 0.717) is 25.4 Å². The summed E-state index contributed by atoms with van der Waals surface area (Å²) in [5.41, 5.74) is 3.31. The first-order valence-corrected chi connectivity index (χ1v) is 8.37. The van der Waals surface area contributed by atoms with E-state index in [9.17, 15) is 4.79 Å². The van der Waals surface area contributed by atoms with Crippen LogP contribution in [0.5, 0.6) is 0 Å². The molecule has 0 aromatic carbocycles. The molecule has 1 atom stereocenters. The number of hydrogen-bond donors (Lipinski definition) is 0. The maximum atomic E-state index is 12.9. The Morgan fingerprint density at radius 1 is 1.20 bits per heavy atom. The van der Waals surface area contributed by atoms with Crippen LogP contribution in [0.15, 0.2) is 30.7 Å². The Hall–Kier alpha value is -2.67. The molecule has 0 unspecified atom stereocenters. The van der Waals surface area contributed by atoms with Crippen LogP contribution in [0.1, 0.15) is 33.7 Å². The van der Waals surface area contributed by atoms with Gasteiger partial charge in [0.05, 0.1) is 18.8 Å². The van der Waals surface area contributed by atoms with Crippen LogP contribution in [0, 0.1) is 13.8 Å². The summed E-state index contributed by atoms with van der Waals surface area (Å²) in [6.45, 7) is 5.51. The van der Waals surface area contributed by atoms with Crippen LogP contribution in [0.4, 0.5) is 0 Å². The van der Waals surface area contributed by atoms with Crippen LogP contribution in [-0.4, -0.2) is 49.4 Å². The van der Waals surface area contributed by atoms with E-state index in [0.717, 1.165) is 22.7 Å². The van der Waals surface area contributed by atoms with Crippen molar-refractivity contribution < 1.29 is 9.53 Å². The molecule has 1 aliphatic heterocycles. The first kappa shape index (κ1) is 15.8. The molecule has 3 aromatic rings. The molecule has 1 aliphatic rings. The summed E-state index contributed by atoms with van der Waals surface area (Å²) in [6, 6.07) is 3.91. The SMILES string of the molecule is Cc1ccc2nc(C(=O)N3CCO[C@H](c4nc(C)cn4C)C3)cn2c1. The van der Waals surface area contributed by atoms with Gasteiger partial charge in [-0.25, -0.2) is 9.97 Å². The number of carbonyl (C=O) groups is 1. The number of nitrogens with zero attached hydrogens (tertiary/aromatic N) is 5. The fraction of sp³-hybridized carbons (Fsp3) is 0.389. The van der Waals surface area contributed by atoms with Gasteiger partial charge < -0.3 is 18.6 Å². The van der Waals surface area contributed by atoms with Crippen LogP contribution in [0.3, 0.4) is 0 Å².